The van der Waals surface area contributed by atoms with Gasteiger partial charge in [0.1, 0.15) is 0 Å². The van der Waals surface area contributed by atoms with Gasteiger partial charge in [0, 0.05) is 25.7 Å². The third-order valence-electron chi connectivity index (χ3n) is 3.59. The number of nitrogens with zero attached hydrogens (tertiary/aromatic N) is 1. The van der Waals surface area contributed by atoms with Gasteiger partial charge in [-0.15, -0.1) is 0 Å². The van der Waals surface area contributed by atoms with Crippen LogP contribution in [0.1, 0.15) is 18.9 Å². The van der Waals surface area contributed by atoms with E-state index in [9.17, 15) is 4.79 Å². The molecule has 1 saturated heterocycles. The van der Waals surface area contributed by atoms with Gasteiger partial charge in [0.05, 0.1) is 0 Å². The van der Waals surface area contributed by atoms with Crippen LogP contribution in [0, 0.1) is 5.92 Å². The maximum atomic E-state index is 10.9. The van der Waals surface area contributed by atoms with Crippen molar-refractivity contribution in [2.75, 3.05) is 13.1 Å². The largest absolute Gasteiger partial charge is 0.465 e. The Balaban J connectivity index is 1.83. The molecule has 2 unspecified atom stereocenters. The van der Waals surface area contributed by atoms with Crippen molar-refractivity contribution in [3.05, 3.63) is 35.9 Å². The SMILES string of the molecule is CC1CN(C(=O)O)CCC1NCc1ccccc1. The highest BCUT2D eigenvalue weighted by Crippen LogP contribution is 2.17. The summed E-state index contributed by atoms with van der Waals surface area (Å²) in [6.45, 7) is 4.22. The summed E-state index contributed by atoms with van der Waals surface area (Å²) in [4.78, 5) is 12.4. The second-order valence-electron chi connectivity index (χ2n) is 4.97. The maximum absolute atomic E-state index is 10.9. The second-order valence-corrected chi connectivity index (χ2v) is 4.97. The summed E-state index contributed by atoms with van der Waals surface area (Å²) in [5.74, 6) is 0.360. The van der Waals surface area contributed by atoms with E-state index in [1.807, 2.05) is 18.2 Å². The van der Waals surface area contributed by atoms with Gasteiger partial charge in [-0.2, -0.15) is 0 Å². The Morgan fingerprint density at radius 3 is 2.78 bits per heavy atom. The van der Waals surface area contributed by atoms with Gasteiger partial charge in [0.15, 0.2) is 0 Å². The molecule has 18 heavy (non-hydrogen) atoms. The molecule has 0 spiro atoms. The molecule has 1 aliphatic rings. The average molecular weight is 248 g/mol. The number of nitrogens with one attached hydrogen (secondary N) is 1. The van der Waals surface area contributed by atoms with Crippen LogP contribution in [-0.2, 0) is 6.54 Å². The van der Waals surface area contributed by atoms with Crippen LogP contribution in [0.2, 0.25) is 0 Å². The molecule has 1 aromatic rings. The molecule has 4 nitrogen and oxygen atoms in total. The van der Waals surface area contributed by atoms with Crippen LogP contribution in [0.25, 0.3) is 0 Å². The van der Waals surface area contributed by atoms with Crippen molar-refractivity contribution in [3.8, 4) is 0 Å². The highest BCUT2D eigenvalue weighted by molar-refractivity contribution is 5.65. The van der Waals surface area contributed by atoms with E-state index >= 15 is 0 Å². The first-order valence-electron chi connectivity index (χ1n) is 6.42. The van der Waals surface area contributed by atoms with Crippen LogP contribution >= 0.6 is 0 Å². The molecule has 1 aliphatic heterocycles. The topological polar surface area (TPSA) is 52.6 Å². The molecule has 98 valence electrons. The van der Waals surface area contributed by atoms with Crippen molar-refractivity contribution in [2.45, 2.75) is 25.9 Å². The fourth-order valence-corrected chi connectivity index (χ4v) is 2.47. The van der Waals surface area contributed by atoms with Gasteiger partial charge in [0.25, 0.3) is 0 Å². The molecule has 2 atom stereocenters. The quantitative estimate of drug-likeness (QED) is 0.862. The number of hydrogen-bond donors (Lipinski definition) is 2. The summed E-state index contributed by atoms with van der Waals surface area (Å²) in [7, 11) is 0. The van der Waals surface area contributed by atoms with Crippen LogP contribution in [0.3, 0.4) is 0 Å². The van der Waals surface area contributed by atoms with Crippen molar-refractivity contribution in [3.63, 3.8) is 0 Å². The highest BCUT2D eigenvalue weighted by Gasteiger charge is 2.27. The van der Waals surface area contributed by atoms with Crippen molar-refractivity contribution in [1.29, 1.82) is 0 Å². The molecular weight excluding hydrogens is 228 g/mol. The molecule has 2 rings (SSSR count). The molecule has 1 heterocycles. The van der Waals surface area contributed by atoms with Gasteiger partial charge in [0.2, 0.25) is 0 Å². The molecule has 0 radical (unpaired) electrons. The number of hydrogen-bond acceptors (Lipinski definition) is 2. The molecule has 1 amide bonds. The van der Waals surface area contributed by atoms with Crippen molar-refractivity contribution in [1.82, 2.24) is 10.2 Å². The summed E-state index contributed by atoms with van der Waals surface area (Å²) >= 11 is 0. The minimum atomic E-state index is -0.802. The van der Waals surface area contributed by atoms with Crippen LogP contribution in [0.4, 0.5) is 4.79 Å². The van der Waals surface area contributed by atoms with E-state index in [1.165, 1.54) is 10.5 Å². The normalized spacial score (nSPS) is 23.9. The number of benzene rings is 1. The number of likely N-dealkylation sites (tertiary alicyclic amines) is 1. The van der Waals surface area contributed by atoms with Crippen molar-refractivity contribution < 1.29 is 9.90 Å². The molecule has 0 aromatic heterocycles. The minimum absolute atomic E-state index is 0.360. The summed E-state index contributed by atoms with van der Waals surface area (Å²) < 4.78 is 0. The molecule has 1 fully saturated rings. The average Bonchev–Trinajstić information content (AvgIpc) is 2.38. The first-order valence-corrected chi connectivity index (χ1v) is 6.42. The second kappa shape index (κ2) is 5.87. The lowest BCUT2D eigenvalue weighted by atomic mass is 9.94. The zero-order chi connectivity index (χ0) is 13.0. The monoisotopic (exact) mass is 248 g/mol. The van der Waals surface area contributed by atoms with Crippen LogP contribution in [-0.4, -0.2) is 35.2 Å². The lowest BCUT2D eigenvalue weighted by Crippen LogP contribution is -2.49. The Hall–Kier alpha value is -1.55. The third kappa shape index (κ3) is 3.23. The number of piperidine rings is 1. The third-order valence-corrected chi connectivity index (χ3v) is 3.59. The van der Waals surface area contributed by atoms with E-state index in [1.54, 1.807) is 0 Å². The highest BCUT2D eigenvalue weighted by atomic mass is 16.4. The van der Waals surface area contributed by atoms with E-state index in [-0.39, 0.29) is 0 Å². The molecular formula is C14H20N2O2. The van der Waals surface area contributed by atoms with Crippen LogP contribution in [0.15, 0.2) is 30.3 Å². The zero-order valence-corrected chi connectivity index (χ0v) is 10.7. The predicted molar refractivity (Wildman–Crippen MR) is 70.4 cm³/mol. The van der Waals surface area contributed by atoms with E-state index in [0.717, 1.165) is 13.0 Å². The van der Waals surface area contributed by atoms with Crippen molar-refractivity contribution in [2.24, 2.45) is 5.92 Å². The summed E-state index contributed by atoms with van der Waals surface area (Å²) in [5, 5.41) is 12.5. The molecule has 0 saturated carbocycles. The van der Waals surface area contributed by atoms with Crippen LogP contribution < -0.4 is 5.32 Å². The van der Waals surface area contributed by atoms with E-state index in [4.69, 9.17) is 5.11 Å². The first kappa shape index (κ1) is 12.9. The molecule has 4 heteroatoms. The number of rotatable bonds is 3. The van der Waals surface area contributed by atoms with Gasteiger partial charge in [-0.25, -0.2) is 4.79 Å². The Labute approximate surface area is 108 Å². The molecule has 0 bridgehead atoms. The fourth-order valence-electron chi connectivity index (χ4n) is 2.47. The standard InChI is InChI=1S/C14H20N2O2/c1-11-10-16(14(17)18)8-7-13(11)15-9-12-5-3-2-4-6-12/h2-6,11,13,15H,7-10H2,1H3,(H,17,18). The lowest BCUT2D eigenvalue weighted by Gasteiger charge is -2.36. The number of amides is 1. The van der Waals surface area contributed by atoms with Gasteiger partial charge in [-0.05, 0) is 17.9 Å². The smallest absolute Gasteiger partial charge is 0.407 e. The Morgan fingerprint density at radius 2 is 2.17 bits per heavy atom. The predicted octanol–water partition coefficient (Wildman–Crippen LogP) is 2.16. The Kier molecular flexibility index (Phi) is 4.20. The number of carbonyl (C=O) groups is 1. The van der Waals surface area contributed by atoms with Gasteiger partial charge >= 0.3 is 6.09 Å². The van der Waals surface area contributed by atoms with Gasteiger partial charge in [-0.3, -0.25) is 0 Å². The molecule has 2 N–H and O–H groups in total. The number of carboxylic acid groups (broad SMARTS) is 1. The Bertz CT molecular complexity index is 394. The van der Waals surface area contributed by atoms with Crippen LogP contribution in [0.5, 0.6) is 0 Å². The summed E-state index contributed by atoms with van der Waals surface area (Å²) in [6.07, 6.45) is 0.0867. The van der Waals surface area contributed by atoms with E-state index < -0.39 is 6.09 Å². The van der Waals surface area contributed by atoms with Gasteiger partial charge in [-0.1, -0.05) is 37.3 Å². The molecule has 1 aromatic carbocycles. The first-order chi connectivity index (χ1) is 8.66. The fraction of sp³-hybridized carbons (Fsp3) is 0.500. The minimum Gasteiger partial charge on any atom is -0.465 e. The zero-order valence-electron chi connectivity index (χ0n) is 10.7. The summed E-state index contributed by atoms with van der Waals surface area (Å²) in [5.41, 5.74) is 1.27. The Morgan fingerprint density at radius 1 is 1.44 bits per heavy atom. The lowest BCUT2D eigenvalue weighted by molar-refractivity contribution is 0.110. The van der Waals surface area contributed by atoms with E-state index in [0.29, 0.717) is 25.0 Å². The van der Waals surface area contributed by atoms with Gasteiger partial charge < -0.3 is 15.3 Å². The van der Waals surface area contributed by atoms with Crippen molar-refractivity contribution >= 4 is 6.09 Å². The van der Waals surface area contributed by atoms with E-state index in [2.05, 4.69) is 24.4 Å². The summed E-state index contributed by atoms with van der Waals surface area (Å²) in [6, 6.07) is 10.7. The maximum Gasteiger partial charge on any atom is 0.407 e. The molecule has 0 aliphatic carbocycles.